The molecule has 9 heteroatoms. The number of carbonyl (C=O) groups is 1. The molecular weight excluding hydrogens is 382 g/mol. The predicted molar refractivity (Wildman–Crippen MR) is 106 cm³/mol. The Hall–Kier alpha value is -2.78. The minimum atomic E-state index is -3.90. The first-order valence-electron chi connectivity index (χ1n) is 8.73. The number of nitro groups is 1. The average Bonchev–Trinajstić information content (AvgIpc) is 2.61. The fourth-order valence-electron chi connectivity index (χ4n) is 2.58. The van der Waals surface area contributed by atoms with Crippen LogP contribution in [-0.2, 0) is 14.8 Å². The number of nitrogens with one attached hydrogen (secondary N) is 2. The van der Waals surface area contributed by atoms with Crippen LogP contribution in [0.15, 0.2) is 53.4 Å². The first-order valence-corrected chi connectivity index (χ1v) is 10.2. The molecule has 0 aliphatic heterocycles. The predicted octanol–water partition coefficient (Wildman–Crippen LogP) is 3.23. The Bertz CT molecular complexity index is 956. The summed E-state index contributed by atoms with van der Waals surface area (Å²) in [5.74, 6) is -0.536. The van der Waals surface area contributed by atoms with Crippen molar-refractivity contribution in [3.05, 3.63) is 64.2 Å². The number of benzene rings is 2. The van der Waals surface area contributed by atoms with E-state index in [1.807, 2.05) is 20.8 Å². The third-order valence-electron chi connectivity index (χ3n) is 3.98. The second-order valence-corrected chi connectivity index (χ2v) is 8.63. The number of amides is 1. The Morgan fingerprint density at radius 2 is 1.79 bits per heavy atom. The second-order valence-electron chi connectivity index (χ2n) is 6.91. The molecule has 0 aliphatic carbocycles. The molecule has 150 valence electrons. The summed E-state index contributed by atoms with van der Waals surface area (Å²) in [6.45, 7) is 5.58. The smallest absolute Gasteiger partial charge is 0.271 e. The van der Waals surface area contributed by atoms with Crippen LogP contribution in [-0.4, -0.2) is 25.3 Å². The van der Waals surface area contributed by atoms with E-state index in [0.29, 0.717) is 0 Å². The number of non-ortho nitro benzene ring substituents is 1. The molecule has 0 aliphatic rings. The molecule has 1 amide bonds. The van der Waals surface area contributed by atoms with Gasteiger partial charge in [0.1, 0.15) is 6.04 Å². The Morgan fingerprint density at radius 1 is 1.14 bits per heavy atom. The van der Waals surface area contributed by atoms with Crippen LogP contribution < -0.4 is 10.0 Å². The molecule has 0 aromatic heterocycles. The van der Waals surface area contributed by atoms with Crippen molar-refractivity contribution >= 4 is 27.3 Å². The normalized spacial score (nSPS) is 12.6. The Kier molecular flexibility index (Phi) is 6.87. The summed E-state index contributed by atoms with van der Waals surface area (Å²) in [6, 6.07) is 10.8. The monoisotopic (exact) mass is 405 g/mol. The van der Waals surface area contributed by atoms with E-state index in [2.05, 4.69) is 10.0 Å². The molecule has 2 aromatic rings. The summed E-state index contributed by atoms with van der Waals surface area (Å²) >= 11 is 0. The number of hydrogen-bond acceptors (Lipinski definition) is 5. The maximum atomic E-state index is 12.7. The van der Waals surface area contributed by atoms with Crippen LogP contribution in [0.5, 0.6) is 0 Å². The van der Waals surface area contributed by atoms with E-state index in [4.69, 9.17) is 0 Å². The van der Waals surface area contributed by atoms with Crippen LogP contribution in [0.25, 0.3) is 0 Å². The highest BCUT2D eigenvalue weighted by atomic mass is 32.2. The third kappa shape index (κ3) is 5.86. The van der Waals surface area contributed by atoms with E-state index in [1.54, 1.807) is 12.1 Å². The molecule has 0 saturated carbocycles. The number of aryl methyl sites for hydroxylation is 1. The average molecular weight is 405 g/mol. The summed E-state index contributed by atoms with van der Waals surface area (Å²) in [6.07, 6.45) is 0.270. The van der Waals surface area contributed by atoms with Crippen molar-refractivity contribution in [2.24, 2.45) is 5.92 Å². The lowest BCUT2D eigenvalue weighted by molar-refractivity contribution is -0.384. The Morgan fingerprint density at radius 3 is 2.36 bits per heavy atom. The molecule has 2 N–H and O–H groups in total. The van der Waals surface area contributed by atoms with E-state index in [-0.39, 0.29) is 28.6 Å². The molecule has 1 atom stereocenters. The standard InChI is InChI=1S/C19H23N3O5S/c1-13(2)11-18(21-28(26,27)17-9-7-14(3)8-10-17)19(23)20-15-5-4-6-16(12-15)22(24)25/h4-10,12-13,18,21H,11H2,1-3H3,(H,20,23)/t18-/m1/s1. The Labute approximate surface area is 164 Å². The number of hydrogen-bond donors (Lipinski definition) is 2. The molecule has 0 spiro atoms. The van der Waals surface area contributed by atoms with E-state index < -0.39 is 26.9 Å². The van der Waals surface area contributed by atoms with Crippen molar-refractivity contribution in [2.45, 2.75) is 38.1 Å². The van der Waals surface area contributed by atoms with Crippen molar-refractivity contribution in [3.63, 3.8) is 0 Å². The second kappa shape index (κ2) is 8.94. The molecule has 8 nitrogen and oxygen atoms in total. The van der Waals surface area contributed by atoms with E-state index in [9.17, 15) is 23.3 Å². The molecule has 0 heterocycles. The maximum absolute atomic E-state index is 12.7. The van der Waals surface area contributed by atoms with Gasteiger partial charge in [-0.2, -0.15) is 4.72 Å². The number of carbonyl (C=O) groups excluding carboxylic acids is 1. The third-order valence-corrected chi connectivity index (χ3v) is 5.46. The van der Waals surface area contributed by atoms with Gasteiger partial charge in [-0.25, -0.2) is 8.42 Å². The summed E-state index contributed by atoms with van der Waals surface area (Å²) in [7, 11) is -3.90. The van der Waals surface area contributed by atoms with Crippen LogP contribution in [0.2, 0.25) is 0 Å². The lowest BCUT2D eigenvalue weighted by atomic mass is 10.0. The van der Waals surface area contributed by atoms with Gasteiger partial charge in [0.15, 0.2) is 0 Å². The van der Waals surface area contributed by atoms with E-state index in [1.165, 1.54) is 36.4 Å². The van der Waals surface area contributed by atoms with Crippen molar-refractivity contribution < 1.29 is 18.1 Å². The Balaban J connectivity index is 2.22. The number of anilines is 1. The summed E-state index contributed by atoms with van der Waals surface area (Å²) in [4.78, 5) is 23.1. The van der Waals surface area contributed by atoms with Crippen molar-refractivity contribution in [3.8, 4) is 0 Å². The van der Waals surface area contributed by atoms with Gasteiger partial charge in [0, 0.05) is 17.8 Å². The molecule has 0 unspecified atom stereocenters. The van der Waals surface area contributed by atoms with Crippen LogP contribution in [0.4, 0.5) is 11.4 Å². The summed E-state index contributed by atoms with van der Waals surface area (Å²) in [5, 5.41) is 13.4. The van der Waals surface area contributed by atoms with Crippen LogP contribution >= 0.6 is 0 Å². The molecular formula is C19H23N3O5S. The topological polar surface area (TPSA) is 118 Å². The van der Waals surface area contributed by atoms with E-state index >= 15 is 0 Å². The zero-order chi connectivity index (χ0) is 20.9. The van der Waals surface area contributed by atoms with Gasteiger partial charge in [0.2, 0.25) is 15.9 Å². The molecule has 2 aromatic carbocycles. The molecule has 0 bridgehead atoms. The summed E-state index contributed by atoms with van der Waals surface area (Å²) < 4.78 is 27.8. The quantitative estimate of drug-likeness (QED) is 0.516. The lowest BCUT2D eigenvalue weighted by Gasteiger charge is -2.20. The molecule has 28 heavy (non-hydrogen) atoms. The maximum Gasteiger partial charge on any atom is 0.271 e. The van der Waals surface area contributed by atoms with Crippen molar-refractivity contribution in [1.29, 1.82) is 0 Å². The SMILES string of the molecule is Cc1ccc(S(=O)(=O)N[C@H](CC(C)C)C(=O)Nc2cccc([N+](=O)[O-])c2)cc1. The van der Waals surface area contributed by atoms with Gasteiger partial charge in [0.05, 0.1) is 9.82 Å². The van der Waals surface area contributed by atoms with Crippen LogP contribution in [0.3, 0.4) is 0 Å². The van der Waals surface area contributed by atoms with Crippen molar-refractivity contribution in [1.82, 2.24) is 4.72 Å². The van der Waals surface area contributed by atoms with Gasteiger partial charge in [-0.1, -0.05) is 37.6 Å². The lowest BCUT2D eigenvalue weighted by Crippen LogP contribution is -2.44. The first-order chi connectivity index (χ1) is 13.1. The zero-order valence-corrected chi connectivity index (χ0v) is 16.7. The fourth-order valence-corrected chi connectivity index (χ4v) is 3.79. The number of nitrogens with zero attached hydrogens (tertiary/aromatic N) is 1. The van der Waals surface area contributed by atoms with Gasteiger partial charge in [-0.15, -0.1) is 0 Å². The summed E-state index contributed by atoms with van der Waals surface area (Å²) in [5.41, 5.74) is 0.974. The first kappa shape index (κ1) is 21.5. The van der Waals surface area contributed by atoms with Gasteiger partial charge in [-0.05, 0) is 37.5 Å². The molecule has 0 radical (unpaired) electrons. The van der Waals surface area contributed by atoms with Crippen LogP contribution in [0.1, 0.15) is 25.8 Å². The largest absolute Gasteiger partial charge is 0.324 e. The fraction of sp³-hybridized carbons (Fsp3) is 0.316. The van der Waals surface area contributed by atoms with E-state index in [0.717, 1.165) is 5.56 Å². The zero-order valence-electron chi connectivity index (χ0n) is 15.9. The molecule has 2 rings (SSSR count). The minimum Gasteiger partial charge on any atom is -0.324 e. The van der Waals surface area contributed by atoms with Gasteiger partial charge >= 0.3 is 0 Å². The highest BCUT2D eigenvalue weighted by Gasteiger charge is 2.27. The van der Waals surface area contributed by atoms with Gasteiger partial charge < -0.3 is 5.32 Å². The van der Waals surface area contributed by atoms with Gasteiger partial charge in [-0.3, -0.25) is 14.9 Å². The minimum absolute atomic E-state index is 0.0431. The van der Waals surface area contributed by atoms with Crippen molar-refractivity contribution in [2.75, 3.05) is 5.32 Å². The molecule has 0 saturated heterocycles. The number of nitro benzene ring substituents is 1. The number of rotatable bonds is 8. The molecule has 0 fully saturated rings. The highest BCUT2D eigenvalue weighted by molar-refractivity contribution is 7.89. The number of sulfonamides is 1. The highest BCUT2D eigenvalue weighted by Crippen LogP contribution is 2.19. The van der Waals surface area contributed by atoms with Crippen LogP contribution in [0, 0.1) is 23.0 Å². The van der Waals surface area contributed by atoms with Gasteiger partial charge in [0.25, 0.3) is 5.69 Å².